The lowest BCUT2D eigenvalue weighted by Crippen LogP contribution is -2.16. The van der Waals surface area contributed by atoms with Crippen molar-refractivity contribution in [1.82, 2.24) is 5.43 Å². The summed E-state index contributed by atoms with van der Waals surface area (Å²) < 4.78 is 9.91. The molecule has 0 aliphatic heterocycles. The molecule has 5 nitrogen and oxygen atoms in total. The standard InChI is InChI=1S/C11H14N2O3/c1-7-5-9(7)10-4-3-8(16-10)6-12-13-11(14)15-2/h3-4,6-7,9H,5H2,1-2H3,(H,13,14)/b12-6-/t7-,9+/m1/s1. The second kappa shape index (κ2) is 4.38. The lowest BCUT2D eigenvalue weighted by Gasteiger charge is -1.94. The fraction of sp³-hybridized carbons (Fsp3) is 0.455. The molecule has 1 fully saturated rings. The van der Waals surface area contributed by atoms with Crippen LogP contribution in [0.2, 0.25) is 0 Å². The van der Waals surface area contributed by atoms with Crippen LogP contribution in [-0.2, 0) is 4.74 Å². The van der Waals surface area contributed by atoms with E-state index in [1.54, 1.807) is 0 Å². The first kappa shape index (κ1) is 10.7. The van der Waals surface area contributed by atoms with E-state index in [-0.39, 0.29) is 0 Å². The minimum absolute atomic E-state index is 0.552. The largest absolute Gasteiger partial charge is 0.460 e. The molecule has 1 aliphatic rings. The molecule has 1 saturated carbocycles. The van der Waals surface area contributed by atoms with E-state index in [4.69, 9.17) is 4.42 Å². The fourth-order valence-electron chi connectivity index (χ4n) is 1.55. The van der Waals surface area contributed by atoms with Gasteiger partial charge < -0.3 is 9.15 Å². The van der Waals surface area contributed by atoms with Gasteiger partial charge in [-0.15, -0.1) is 0 Å². The molecule has 0 bridgehead atoms. The average Bonchev–Trinajstić information content (AvgIpc) is 2.82. The van der Waals surface area contributed by atoms with Gasteiger partial charge in [0.15, 0.2) is 0 Å². The number of hydrogen-bond acceptors (Lipinski definition) is 4. The van der Waals surface area contributed by atoms with Crippen LogP contribution < -0.4 is 5.43 Å². The zero-order valence-corrected chi connectivity index (χ0v) is 9.27. The van der Waals surface area contributed by atoms with Crippen LogP contribution in [-0.4, -0.2) is 19.4 Å². The Labute approximate surface area is 93.5 Å². The number of hydrazone groups is 1. The van der Waals surface area contributed by atoms with Crippen molar-refractivity contribution in [2.45, 2.75) is 19.3 Å². The van der Waals surface area contributed by atoms with E-state index in [1.807, 2.05) is 12.1 Å². The molecule has 1 heterocycles. The molecule has 5 heteroatoms. The summed E-state index contributed by atoms with van der Waals surface area (Å²) in [7, 11) is 1.28. The van der Waals surface area contributed by atoms with Gasteiger partial charge in [-0.2, -0.15) is 5.10 Å². The van der Waals surface area contributed by atoms with E-state index >= 15 is 0 Å². The maximum Gasteiger partial charge on any atom is 0.427 e. The Morgan fingerprint density at radius 2 is 2.44 bits per heavy atom. The number of methoxy groups -OCH3 is 1. The molecule has 1 aromatic rings. The molecule has 2 rings (SSSR count). The first-order valence-electron chi connectivity index (χ1n) is 5.17. The summed E-state index contributed by atoms with van der Waals surface area (Å²) in [5.74, 6) is 2.89. The van der Waals surface area contributed by atoms with Crippen LogP contribution in [0.5, 0.6) is 0 Å². The van der Waals surface area contributed by atoms with Crippen LogP contribution in [0.25, 0.3) is 0 Å². The predicted molar refractivity (Wildman–Crippen MR) is 58.4 cm³/mol. The van der Waals surface area contributed by atoms with Gasteiger partial charge in [0.2, 0.25) is 0 Å². The van der Waals surface area contributed by atoms with Crippen LogP contribution in [0.3, 0.4) is 0 Å². The topological polar surface area (TPSA) is 63.8 Å². The molecule has 1 N–H and O–H groups in total. The van der Waals surface area contributed by atoms with E-state index in [0.717, 1.165) is 5.76 Å². The molecule has 0 radical (unpaired) electrons. The lowest BCUT2D eigenvalue weighted by atomic mass is 10.3. The summed E-state index contributed by atoms with van der Waals surface area (Å²) in [6.45, 7) is 2.19. The Hall–Kier alpha value is -1.78. The van der Waals surface area contributed by atoms with Gasteiger partial charge in [-0.3, -0.25) is 0 Å². The van der Waals surface area contributed by atoms with E-state index in [0.29, 0.717) is 17.6 Å². The fourth-order valence-corrected chi connectivity index (χ4v) is 1.55. The van der Waals surface area contributed by atoms with Crippen molar-refractivity contribution in [3.05, 3.63) is 23.7 Å². The maximum atomic E-state index is 10.7. The van der Waals surface area contributed by atoms with Crippen molar-refractivity contribution in [3.8, 4) is 0 Å². The molecule has 0 aromatic carbocycles. The van der Waals surface area contributed by atoms with Gasteiger partial charge in [0.25, 0.3) is 0 Å². The average molecular weight is 222 g/mol. The molecule has 0 spiro atoms. The van der Waals surface area contributed by atoms with Crippen LogP contribution in [0.15, 0.2) is 21.7 Å². The van der Waals surface area contributed by atoms with Gasteiger partial charge >= 0.3 is 6.09 Å². The first-order chi connectivity index (χ1) is 7.70. The number of ether oxygens (including phenoxy) is 1. The Morgan fingerprint density at radius 3 is 3.06 bits per heavy atom. The molecule has 86 valence electrons. The van der Waals surface area contributed by atoms with Gasteiger partial charge in [-0.05, 0) is 24.5 Å². The minimum Gasteiger partial charge on any atom is -0.460 e. The molecule has 0 unspecified atom stereocenters. The molecule has 2 atom stereocenters. The van der Waals surface area contributed by atoms with E-state index in [1.165, 1.54) is 19.7 Å². The third-order valence-electron chi connectivity index (χ3n) is 2.66. The normalized spacial score (nSPS) is 23.4. The number of carbonyl (C=O) groups excluding carboxylic acids is 1. The Bertz CT molecular complexity index is 411. The van der Waals surface area contributed by atoms with Crippen LogP contribution in [0.1, 0.15) is 30.8 Å². The van der Waals surface area contributed by atoms with Crippen LogP contribution >= 0.6 is 0 Å². The predicted octanol–water partition coefficient (Wildman–Crippen LogP) is 2.09. The van der Waals surface area contributed by atoms with Gasteiger partial charge in [0.05, 0.1) is 13.3 Å². The summed E-state index contributed by atoms with van der Waals surface area (Å²) in [6.07, 6.45) is 2.04. The van der Waals surface area contributed by atoms with Crippen molar-refractivity contribution in [3.63, 3.8) is 0 Å². The quantitative estimate of drug-likeness (QED) is 0.629. The second-order valence-electron chi connectivity index (χ2n) is 3.92. The SMILES string of the molecule is COC(=O)N/N=C\c1ccc([C@H]2C[C@H]2C)o1. The van der Waals surface area contributed by atoms with Crippen molar-refractivity contribution in [2.75, 3.05) is 7.11 Å². The molecule has 0 saturated heterocycles. The number of amides is 1. The number of furan rings is 1. The maximum absolute atomic E-state index is 10.7. The van der Waals surface area contributed by atoms with E-state index in [9.17, 15) is 4.79 Å². The molecule has 1 aliphatic carbocycles. The number of nitrogens with one attached hydrogen (secondary N) is 1. The summed E-state index contributed by atoms with van der Waals surface area (Å²) in [4.78, 5) is 10.7. The van der Waals surface area contributed by atoms with Gasteiger partial charge in [-0.25, -0.2) is 10.2 Å². The van der Waals surface area contributed by atoms with Crippen molar-refractivity contribution >= 4 is 12.3 Å². The Balaban J connectivity index is 1.90. The van der Waals surface area contributed by atoms with Gasteiger partial charge in [0.1, 0.15) is 11.5 Å². The van der Waals surface area contributed by atoms with Crippen molar-refractivity contribution in [1.29, 1.82) is 0 Å². The zero-order valence-electron chi connectivity index (χ0n) is 9.27. The third kappa shape index (κ3) is 2.42. The highest BCUT2D eigenvalue weighted by Gasteiger charge is 2.36. The van der Waals surface area contributed by atoms with Crippen LogP contribution in [0, 0.1) is 5.92 Å². The Kier molecular flexibility index (Phi) is 2.94. The molecular weight excluding hydrogens is 208 g/mol. The highest BCUT2D eigenvalue weighted by atomic mass is 16.5. The van der Waals surface area contributed by atoms with Crippen molar-refractivity contribution < 1.29 is 13.9 Å². The smallest absolute Gasteiger partial charge is 0.427 e. The number of hydrogen-bond donors (Lipinski definition) is 1. The second-order valence-corrected chi connectivity index (χ2v) is 3.92. The summed E-state index contributed by atoms with van der Waals surface area (Å²) in [6, 6.07) is 3.79. The van der Waals surface area contributed by atoms with Crippen LogP contribution in [0.4, 0.5) is 4.79 Å². The molecule has 1 aromatic heterocycles. The molecule has 1 amide bonds. The highest BCUT2D eigenvalue weighted by molar-refractivity contribution is 5.77. The number of nitrogens with zero attached hydrogens (tertiary/aromatic N) is 1. The zero-order chi connectivity index (χ0) is 11.5. The number of rotatable bonds is 3. The van der Waals surface area contributed by atoms with E-state index < -0.39 is 6.09 Å². The van der Waals surface area contributed by atoms with E-state index in [2.05, 4.69) is 22.2 Å². The molecule has 16 heavy (non-hydrogen) atoms. The molecular formula is C11H14N2O3. The van der Waals surface area contributed by atoms with Crippen molar-refractivity contribution in [2.24, 2.45) is 11.0 Å². The summed E-state index contributed by atoms with van der Waals surface area (Å²) >= 11 is 0. The first-order valence-corrected chi connectivity index (χ1v) is 5.17. The highest BCUT2D eigenvalue weighted by Crippen LogP contribution is 2.47. The number of carbonyl (C=O) groups is 1. The minimum atomic E-state index is -0.598. The third-order valence-corrected chi connectivity index (χ3v) is 2.66. The van der Waals surface area contributed by atoms with Gasteiger partial charge in [-0.1, -0.05) is 6.92 Å². The van der Waals surface area contributed by atoms with Gasteiger partial charge in [0, 0.05) is 5.92 Å². The summed E-state index contributed by atoms with van der Waals surface area (Å²) in [5.41, 5.74) is 2.19. The monoisotopic (exact) mass is 222 g/mol. The Morgan fingerprint density at radius 1 is 1.69 bits per heavy atom. The summed E-state index contributed by atoms with van der Waals surface area (Å²) in [5, 5.41) is 3.68. The lowest BCUT2D eigenvalue weighted by molar-refractivity contribution is 0.171.